The lowest BCUT2D eigenvalue weighted by molar-refractivity contribution is 0.0919. The first kappa shape index (κ1) is 16.0. The molecule has 23 heavy (non-hydrogen) atoms. The monoisotopic (exact) mass is 332 g/mol. The third-order valence-electron chi connectivity index (χ3n) is 4.70. The van der Waals surface area contributed by atoms with E-state index in [-0.39, 0.29) is 24.4 Å². The van der Waals surface area contributed by atoms with E-state index in [0.717, 1.165) is 24.1 Å². The summed E-state index contributed by atoms with van der Waals surface area (Å²) in [4.78, 5) is 12.4. The number of amides is 1. The number of nitrogens with zero attached hydrogens (tertiary/aromatic N) is 1. The van der Waals surface area contributed by atoms with E-state index in [4.69, 9.17) is 0 Å². The SMILES string of the molecule is Cl.O=C(NC1CC2CCC(C1)N2)c1cc(-c2ccccc2)n[nH]1. The predicted molar refractivity (Wildman–Crippen MR) is 91.7 cm³/mol. The standard InChI is InChI=1S/C17H20N4O.ClH/c22-17(19-14-8-12-6-7-13(9-14)18-12)16-10-15(20-21-16)11-4-2-1-3-5-11;/h1-5,10,12-14,18H,6-9H2,(H,19,22)(H,20,21);1H. The Morgan fingerprint density at radius 1 is 1.13 bits per heavy atom. The molecule has 1 aromatic carbocycles. The molecule has 2 aliphatic heterocycles. The number of carbonyl (C=O) groups is 1. The molecule has 2 aliphatic rings. The van der Waals surface area contributed by atoms with Gasteiger partial charge in [-0.25, -0.2) is 0 Å². The van der Waals surface area contributed by atoms with Crippen molar-refractivity contribution in [1.82, 2.24) is 20.8 Å². The van der Waals surface area contributed by atoms with Crippen LogP contribution < -0.4 is 10.6 Å². The van der Waals surface area contributed by atoms with Crippen LogP contribution in [0.1, 0.15) is 36.2 Å². The summed E-state index contributed by atoms with van der Waals surface area (Å²) in [5, 5.41) is 13.8. The number of nitrogens with one attached hydrogen (secondary N) is 3. The van der Waals surface area contributed by atoms with E-state index in [2.05, 4.69) is 20.8 Å². The van der Waals surface area contributed by atoms with Crippen LogP contribution in [0.5, 0.6) is 0 Å². The van der Waals surface area contributed by atoms with Gasteiger partial charge < -0.3 is 10.6 Å². The van der Waals surface area contributed by atoms with Gasteiger partial charge in [0.05, 0.1) is 5.69 Å². The Labute approximate surface area is 141 Å². The van der Waals surface area contributed by atoms with Gasteiger partial charge in [0.15, 0.2) is 0 Å². The first-order valence-corrected chi connectivity index (χ1v) is 7.95. The van der Waals surface area contributed by atoms with Gasteiger partial charge in [0.1, 0.15) is 5.69 Å². The number of piperidine rings is 1. The molecule has 2 fully saturated rings. The molecule has 4 rings (SSSR count). The van der Waals surface area contributed by atoms with Crippen molar-refractivity contribution in [2.45, 2.75) is 43.8 Å². The van der Waals surface area contributed by atoms with Crippen molar-refractivity contribution >= 4 is 18.3 Å². The lowest BCUT2D eigenvalue weighted by Gasteiger charge is -2.29. The van der Waals surface area contributed by atoms with E-state index >= 15 is 0 Å². The van der Waals surface area contributed by atoms with Gasteiger partial charge in [0.2, 0.25) is 0 Å². The number of H-pyrrole nitrogens is 1. The summed E-state index contributed by atoms with van der Waals surface area (Å²) in [5.74, 6) is -0.0546. The Bertz CT molecular complexity index is 660. The zero-order valence-electron chi connectivity index (χ0n) is 12.8. The summed E-state index contributed by atoms with van der Waals surface area (Å²) in [5.41, 5.74) is 2.35. The van der Waals surface area contributed by atoms with Crippen molar-refractivity contribution in [3.63, 3.8) is 0 Å². The minimum atomic E-state index is -0.0546. The van der Waals surface area contributed by atoms with Gasteiger partial charge >= 0.3 is 0 Å². The van der Waals surface area contributed by atoms with Crippen LogP contribution in [0, 0.1) is 0 Å². The lowest BCUT2D eigenvalue weighted by Crippen LogP contribution is -2.48. The van der Waals surface area contributed by atoms with Crippen molar-refractivity contribution in [3.8, 4) is 11.3 Å². The van der Waals surface area contributed by atoms with E-state index in [9.17, 15) is 4.79 Å². The largest absolute Gasteiger partial charge is 0.348 e. The molecule has 2 aromatic rings. The summed E-state index contributed by atoms with van der Waals surface area (Å²) in [6.45, 7) is 0. The van der Waals surface area contributed by atoms with E-state index in [1.807, 2.05) is 36.4 Å². The molecule has 1 amide bonds. The van der Waals surface area contributed by atoms with Crippen LogP contribution in [0.2, 0.25) is 0 Å². The zero-order chi connectivity index (χ0) is 14.9. The van der Waals surface area contributed by atoms with Crippen LogP contribution in [0.4, 0.5) is 0 Å². The molecular formula is C17H21ClN4O. The molecule has 3 N–H and O–H groups in total. The molecule has 5 nitrogen and oxygen atoms in total. The number of aromatic nitrogens is 2. The fourth-order valence-electron chi connectivity index (χ4n) is 3.63. The number of carbonyl (C=O) groups excluding carboxylic acids is 1. The number of hydrogen-bond acceptors (Lipinski definition) is 3. The second kappa shape index (κ2) is 6.72. The molecule has 0 spiro atoms. The molecule has 2 atom stereocenters. The second-order valence-corrected chi connectivity index (χ2v) is 6.31. The van der Waals surface area contributed by atoms with E-state index in [1.54, 1.807) is 0 Å². The summed E-state index contributed by atoms with van der Waals surface area (Å²) < 4.78 is 0. The van der Waals surface area contributed by atoms with Gasteiger partial charge in [-0.1, -0.05) is 30.3 Å². The summed E-state index contributed by atoms with van der Waals surface area (Å²) >= 11 is 0. The Hall–Kier alpha value is -1.85. The van der Waals surface area contributed by atoms with Crippen LogP contribution in [0.25, 0.3) is 11.3 Å². The van der Waals surface area contributed by atoms with Gasteiger partial charge in [0.25, 0.3) is 5.91 Å². The summed E-state index contributed by atoms with van der Waals surface area (Å²) in [6, 6.07) is 13.1. The molecule has 1 aromatic heterocycles. The first-order valence-electron chi connectivity index (χ1n) is 7.95. The maximum absolute atomic E-state index is 12.4. The normalized spacial score (nSPS) is 25.7. The van der Waals surface area contributed by atoms with Crippen molar-refractivity contribution < 1.29 is 4.79 Å². The minimum absolute atomic E-state index is 0. The fourth-order valence-corrected chi connectivity index (χ4v) is 3.63. The van der Waals surface area contributed by atoms with Crippen LogP contribution in [0.15, 0.2) is 36.4 Å². The van der Waals surface area contributed by atoms with Gasteiger partial charge in [-0.15, -0.1) is 12.4 Å². The van der Waals surface area contributed by atoms with Crippen LogP contribution >= 0.6 is 12.4 Å². The number of hydrogen-bond donors (Lipinski definition) is 3. The Kier molecular flexibility index (Phi) is 4.68. The lowest BCUT2D eigenvalue weighted by atomic mass is 10.00. The van der Waals surface area contributed by atoms with Gasteiger partial charge in [-0.05, 0) is 31.7 Å². The molecule has 0 radical (unpaired) electrons. The van der Waals surface area contributed by atoms with Crippen molar-refractivity contribution in [3.05, 3.63) is 42.1 Å². The van der Waals surface area contributed by atoms with Crippen molar-refractivity contribution in [2.75, 3.05) is 0 Å². The number of benzene rings is 1. The molecule has 2 saturated heterocycles. The highest BCUT2D eigenvalue weighted by Crippen LogP contribution is 2.27. The molecular weight excluding hydrogens is 312 g/mol. The number of halogens is 1. The first-order chi connectivity index (χ1) is 10.8. The Morgan fingerprint density at radius 3 is 2.52 bits per heavy atom. The molecule has 122 valence electrons. The van der Waals surface area contributed by atoms with Crippen molar-refractivity contribution in [2.24, 2.45) is 0 Å². The van der Waals surface area contributed by atoms with E-state index < -0.39 is 0 Å². The maximum atomic E-state index is 12.4. The molecule has 2 bridgehead atoms. The third kappa shape index (κ3) is 3.41. The highest BCUT2D eigenvalue weighted by molar-refractivity contribution is 5.93. The van der Waals surface area contributed by atoms with Gasteiger partial charge in [-0.3, -0.25) is 9.89 Å². The zero-order valence-corrected chi connectivity index (χ0v) is 13.6. The van der Waals surface area contributed by atoms with Crippen LogP contribution in [0.3, 0.4) is 0 Å². The highest BCUT2D eigenvalue weighted by Gasteiger charge is 2.34. The number of aromatic amines is 1. The summed E-state index contributed by atoms with van der Waals surface area (Å²) in [6.07, 6.45) is 4.53. The number of rotatable bonds is 3. The Balaban J connectivity index is 0.00000156. The van der Waals surface area contributed by atoms with Crippen molar-refractivity contribution in [1.29, 1.82) is 0 Å². The molecule has 2 unspecified atom stereocenters. The molecule has 0 aliphatic carbocycles. The number of fused-ring (bicyclic) bond motifs is 2. The minimum Gasteiger partial charge on any atom is -0.348 e. The average molecular weight is 333 g/mol. The molecule has 0 saturated carbocycles. The summed E-state index contributed by atoms with van der Waals surface area (Å²) in [7, 11) is 0. The topological polar surface area (TPSA) is 69.8 Å². The van der Waals surface area contributed by atoms with Crippen LogP contribution in [-0.4, -0.2) is 34.2 Å². The molecule has 6 heteroatoms. The van der Waals surface area contributed by atoms with Gasteiger partial charge in [0, 0.05) is 23.7 Å². The smallest absolute Gasteiger partial charge is 0.269 e. The highest BCUT2D eigenvalue weighted by atomic mass is 35.5. The third-order valence-corrected chi connectivity index (χ3v) is 4.70. The van der Waals surface area contributed by atoms with Gasteiger partial charge in [-0.2, -0.15) is 5.10 Å². The quantitative estimate of drug-likeness (QED) is 0.809. The van der Waals surface area contributed by atoms with E-state index in [1.165, 1.54) is 12.8 Å². The molecule has 3 heterocycles. The maximum Gasteiger partial charge on any atom is 0.269 e. The van der Waals surface area contributed by atoms with Crippen LogP contribution in [-0.2, 0) is 0 Å². The predicted octanol–water partition coefficient (Wildman–Crippen LogP) is 2.51. The Morgan fingerprint density at radius 2 is 1.83 bits per heavy atom. The van der Waals surface area contributed by atoms with E-state index in [0.29, 0.717) is 17.8 Å². The average Bonchev–Trinajstić information content (AvgIpc) is 3.15. The fraction of sp³-hybridized carbons (Fsp3) is 0.412. The second-order valence-electron chi connectivity index (χ2n) is 6.31.